The van der Waals surface area contributed by atoms with Gasteiger partial charge in [0, 0.05) is 30.4 Å². The summed E-state index contributed by atoms with van der Waals surface area (Å²) in [6.07, 6.45) is 1.52. The highest BCUT2D eigenvalue weighted by molar-refractivity contribution is 5.91. The minimum atomic E-state index is -0.438. The van der Waals surface area contributed by atoms with Crippen LogP contribution in [0.5, 0.6) is 0 Å². The number of nitrogens with two attached hydrogens (primary N) is 1. The molecule has 1 aliphatic rings. The van der Waals surface area contributed by atoms with Gasteiger partial charge in [0.1, 0.15) is 11.8 Å². The topological polar surface area (TPSA) is 72.2 Å². The van der Waals surface area contributed by atoms with Crippen LogP contribution in [0.15, 0.2) is 60.8 Å². The summed E-state index contributed by atoms with van der Waals surface area (Å²) in [5, 5.41) is 7.93. The van der Waals surface area contributed by atoms with Crippen LogP contribution < -0.4 is 16.4 Å². The average molecular weight is 334 g/mol. The third-order valence-corrected chi connectivity index (χ3v) is 4.60. The molecule has 0 aliphatic carbocycles. The van der Waals surface area contributed by atoms with Gasteiger partial charge in [-0.1, -0.05) is 30.3 Å². The maximum Gasteiger partial charge on any atom is 0.119 e. The van der Waals surface area contributed by atoms with E-state index in [9.17, 15) is 0 Å². The molecule has 1 aromatic heterocycles. The van der Waals surface area contributed by atoms with Gasteiger partial charge in [0.25, 0.3) is 0 Å². The van der Waals surface area contributed by atoms with E-state index < -0.39 is 5.60 Å². The van der Waals surface area contributed by atoms with E-state index >= 15 is 0 Å². The van der Waals surface area contributed by atoms with E-state index in [0.29, 0.717) is 6.54 Å². The Morgan fingerprint density at radius 3 is 2.92 bits per heavy atom. The first-order valence-electron chi connectivity index (χ1n) is 8.49. The molecular formula is C20H22N4O. The maximum atomic E-state index is 6.01. The van der Waals surface area contributed by atoms with Crippen LogP contribution in [0.3, 0.4) is 0 Å². The van der Waals surface area contributed by atoms with E-state index in [0.717, 1.165) is 34.4 Å². The molecule has 25 heavy (non-hydrogen) atoms. The molecule has 4 N–H and O–H groups in total. The molecule has 3 aromatic rings. The number of morpholine rings is 1. The van der Waals surface area contributed by atoms with Crippen molar-refractivity contribution in [2.45, 2.75) is 18.8 Å². The van der Waals surface area contributed by atoms with Crippen LogP contribution >= 0.6 is 0 Å². The van der Waals surface area contributed by atoms with Gasteiger partial charge < -0.3 is 21.1 Å². The molecule has 0 spiro atoms. The molecule has 2 heterocycles. The molecule has 2 atom stereocenters. The smallest absolute Gasteiger partial charge is 0.119 e. The van der Waals surface area contributed by atoms with E-state index in [4.69, 9.17) is 10.5 Å². The van der Waals surface area contributed by atoms with Crippen molar-refractivity contribution in [3.8, 4) is 0 Å². The lowest BCUT2D eigenvalue weighted by Gasteiger charge is -2.38. The zero-order chi connectivity index (χ0) is 17.3. The van der Waals surface area contributed by atoms with Gasteiger partial charge >= 0.3 is 0 Å². The quantitative estimate of drug-likeness (QED) is 0.686. The van der Waals surface area contributed by atoms with E-state index in [1.807, 2.05) is 36.5 Å². The minimum absolute atomic E-state index is 0.294. The van der Waals surface area contributed by atoms with Crippen molar-refractivity contribution < 1.29 is 4.74 Å². The number of nitrogens with zero attached hydrogens (tertiary/aromatic N) is 1. The van der Waals surface area contributed by atoms with Crippen molar-refractivity contribution in [3.63, 3.8) is 0 Å². The predicted molar refractivity (Wildman–Crippen MR) is 101 cm³/mol. The van der Waals surface area contributed by atoms with Gasteiger partial charge in [-0.15, -0.1) is 0 Å². The second-order valence-corrected chi connectivity index (χ2v) is 6.60. The number of rotatable bonds is 3. The second-order valence-electron chi connectivity index (χ2n) is 6.60. The molecule has 5 nitrogen and oxygen atoms in total. The molecule has 0 amide bonds. The summed E-state index contributed by atoms with van der Waals surface area (Å²) in [6.45, 7) is 3.48. The molecule has 128 valence electrons. The Bertz CT molecular complexity index is 892. The first-order chi connectivity index (χ1) is 12.1. The molecule has 2 unspecified atom stereocenters. The number of nitrogens with one attached hydrogen (secondary N) is 2. The Kier molecular flexibility index (Phi) is 4.13. The van der Waals surface area contributed by atoms with Gasteiger partial charge in [0.2, 0.25) is 0 Å². The highest BCUT2D eigenvalue weighted by Crippen LogP contribution is 2.31. The highest BCUT2D eigenvalue weighted by Gasteiger charge is 2.33. The minimum Gasteiger partial charge on any atom is -0.354 e. The molecule has 1 aliphatic heterocycles. The zero-order valence-electron chi connectivity index (χ0n) is 14.2. The molecule has 1 saturated heterocycles. The van der Waals surface area contributed by atoms with Crippen LogP contribution in [0.1, 0.15) is 12.5 Å². The fourth-order valence-electron chi connectivity index (χ4n) is 3.33. The molecule has 2 aromatic carbocycles. The van der Waals surface area contributed by atoms with Gasteiger partial charge in [-0.3, -0.25) is 4.98 Å². The van der Waals surface area contributed by atoms with Gasteiger partial charge in [0.15, 0.2) is 0 Å². The molecule has 4 rings (SSSR count). The van der Waals surface area contributed by atoms with Crippen molar-refractivity contribution in [2.24, 2.45) is 5.73 Å². The van der Waals surface area contributed by atoms with Crippen LogP contribution in [0, 0.1) is 0 Å². The van der Waals surface area contributed by atoms with Crippen LogP contribution in [-0.4, -0.2) is 24.3 Å². The van der Waals surface area contributed by atoms with Crippen LogP contribution in [0.2, 0.25) is 0 Å². The highest BCUT2D eigenvalue weighted by atomic mass is 16.5. The fraction of sp³-hybridized carbons (Fsp3) is 0.250. The lowest BCUT2D eigenvalue weighted by molar-refractivity contribution is -0.107. The first-order valence-corrected chi connectivity index (χ1v) is 8.49. The summed E-state index contributed by atoms with van der Waals surface area (Å²) in [7, 11) is 0. The standard InChI is InChI=1S/C20H22N4O/c1-20(13-22-12-18(21)25-20)15-7-3-8-16(11-15)24-17-9-2-5-14-6-4-10-23-19(14)17/h2-11,18,22,24H,12-13,21H2,1H3. The lowest BCUT2D eigenvalue weighted by Crippen LogP contribution is -2.53. The van der Waals surface area contributed by atoms with Gasteiger partial charge in [0.05, 0.1) is 11.2 Å². The number of benzene rings is 2. The Hall–Kier alpha value is -2.47. The molecule has 1 fully saturated rings. The number of anilines is 2. The number of hydrogen-bond acceptors (Lipinski definition) is 5. The van der Waals surface area contributed by atoms with Gasteiger partial charge in [-0.25, -0.2) is 0 Å². The summed E-state index contributed by atoms with van der Waals surface area (Å²) < 4.78 is 6.01. The van der Waals surface area contributed by atoms with Crippen molar-refractivity contribution in [1.29, 1.82) is 0 Å². The first kappa shape index (κ1) is 16.0. The van der Waals surface area contributed by atoms with Crippen LogP contribution in [0.25, 0.3) is 10.9 Å². The van der Waals surface area contributed by atoms with Crippen molar-refractivity contribution in [2.75, 3.05) is 18.4 Å². The monoisotopic (exact) mass is 334 g/mol. The number of pyridine rings is 1. The summed E-state index contributed by atoms with van der Waals surface area (Å²) in [4.78, 5) is 4.50. The SMILES string of the molecule is CC1(c2cccc(Nc3cccc4cccnc34)c2)CNCC(N)O1. The largest absolute Gasteiger partial charge is 0.354 e. The maximum absolute atomic E-state index is 6.01. The van der Waals surface area contributed by atoms with Crippen molar-refractivity contribution >= 4 is 22.3 Å². The summed E-state index contributed by atoms with van der Waals surface area (Å²) in [5.41, 5.74) is 9.56. The summed E-state index contributed by atoms with van der Waals surface area (Å²) in [6, 6.07) is 18.4. The second kappa shape index (κ2) is 6.44. The molecule has 5 heteroatoms. The van der Waals surface area contributed by atoms with E-state index in [-0.39, 0.29) is 6.23 Å². The molecular weight excluding hydrogens is 312 g/mol. The predicted octanol–water partition coefficient (Wildman–Crippen LogP) is 3.10. The number of ether oxygens (including phenoxy) is 1. The Morgan fingerprint density at radius 1 is 1.20 bits per heavy atom. The number of hydrogen-bond donors (Lipinski definition) is 3. The lowest BCUT2D eigenvalue weighted by atomic mass is 9.94. The average Bonchev–Trinajstić information content (AvgIpc) is 2.62. The van der Waals surface area contributed by atoms with E-state index in [2.05, 4.69) is 46.8 Å². The van der Waals surface area contributed by atoms with Crippen LogP contribution in [-0.2, 0) is 10.3 Å². The fourth-order valence-corrected chi connectivity index (χ4v) is 3.33. The molecule has 0 bridgehead atoms. The summed E-state index contributed by atoms with van der Waals surface area (Å²) >= 11 is 0. The molecule has 0 saturated carbocycles. The van der Waals surface area contributed by atoms with Crippen molar-refractivity contribution in [3.05, 3.63) is 66.4 Å². The third kappa shape index (κ3) is 3.22. The van der Waals surface area contributed by atoms with Crippen LogP contribution in [0.4, 0.5) is 11.4 Å². The van der Waals surface area contributed by atoms with E-state index in [1.165, 1.54) is 0 Å². The van der Waals surface area contributed by atoms with Crippen molar-refractivity contribution in [1.82, 2.24) is 10.3 Å². The molecule has 0 radical (unpaired) electrons. The van der Waals surface area contributed by atoms with Gasteiger partial charge in [-0.2, -0.15) is 0 Å². The van der Waals surface area contributed by atoms with Gasteiger partial charge in [-0.05, 0) is 36.8 Å². The summed E-state index contributed by atoms with van der Waals surface area (Å²) in [5.74, 6) is 0. The Morgan fingerprint density at radius 2 is 2.04 bits per heavy atom. The number of fused-ring (bicyclic) bond motifs is 1. The Labute approximate surface area is 147 Å². The Balaban J connectivity index is 1.66. The number of para-hydroxylation sites is 1. The van der Waals surface area contributed by atoms with E-state index in [1.54, 1.807) is 0 Å². The number of aromatic nitrogens is 1. The third-order valence-electron chi connectivity index (χ3n) is 4.60. The zero-order valence-corrected chi connectivity index (χ0v) is 14.2. The normalized spacial score (nSPS) is 23.5.